The van der Waals surface area contributed by atoms with Crippen LogP contribution in [-0.4, -0.2) is 42.7 Å². The Balaban J connectivity index is 1.63. The average Bonchev–Trinajstić information content (AvgIpc) is 3.38. The molecule has 1 atom stereocenters. The number of carbonyl (C=O) groups excluding carboxylic acids is 1. The second-order valence-electron chi connectivity index (χ2n) is 9.60. The van der Waals surface area contributed by atoms with Crippen molar-refractivity contribution in [1.82, 2.24) is 4.90 Å². The molecule has 1 heterocycles. The smallest absolute Gasteiger partial charge is 0.247 e. The third-order valence-electron chi connectivity index (χ3n) is 6.47. The van der Waals surface area contributed by atoms with Crippen LogP contribution in [0.3, 0.4) is 0 Å². The minimum atomic E-state index is -0.605. The predicted octanol–water partition coefficient (Wildman–Crippen LogP) is 7.11. The van der Waals surface area contributed by atoms with Gasteiger partial charge in [0, 0.05) is 42.3 Å². The van der Waals surface area contributed by atoms with Crippen LogP contribution < -0.4 is 20.7 Å². The van der Waals surface area contributed by atoms with Crippen LogP contribution in [0.2, 0.25) is 0 Å². The van der Waals surface area contributed by atoms with Crippen molar-refractivity contribution < 1.29 is 13.9 Å². The van der Waals surface area contributed by atoms with Crippen LogP contribution in [0, 0.1) is 0 Å². The van der Waals surface area contributed by atoms with Gasteiger partial charge in [-0.05, 0) is 87.7 Å². The second-order valence-corrected chi connectivity index (χ2v) is 9.60. The first-order chi connectivity index (χ1) is 18.8. The minimum absolute atomic E-state index is 0.0549. The highest BCUT2D eigenvalue weighted by Crippen LogP contribution is 2.23. The van der Waals surface area contributed by atoms with Crippen LogP contribution in [0.25, 0.3) is 0 Å². The summed E-state index contributed by atoms with van der Waals surface area (Å²) in [6, 6.07) is 15.3. The summed E-state index contributed by atoms with van der Waals surface area (Å²) in [4.78, 5) is 18.4. The van der Waals surface area contributed by atoms with Gasteiger partial charge in [-0.25, -0.2) is 9.38 Å². The SMILES string of the molecule is C=CC(=O)Nc1cccc(O/C(C)=C(F)/C=N\C(Nc2ccc(NC3CCN(CCC)C3)cc2)=C(/C)CC)c1. The van der Waals surface area contributed by atoms with E-state index < -0.39 is 5.83 Å². The van der Waals surface area contributed by atoms with E-state index >= 15 is 0 Å². The lowest BCUT2D eigenvalue weighted by molar-refractivity contribution is -0.111. The maximum Gasteiger partial charge on any atom is 0.247 e. The van der Waals surface area contributed by atoms with Gasteiger partial charge in [0.15, 0.2) is 5.83 Å². The Morgan fingerprint density at radius 2 is 1.87 bits per heavy atom. The number of hydrogen-bond donors (Lipinski definition) is 3. The number of nitrogens with one attached hydrogen (secondary N) is 3. The highest BCUT2D eigenvalue weighted by Gasteiger charge is 2.21. The van der Waals surface area contributed by atoms with E-state index in [1.165, 1.54) is 19.4 Å². The molecular formula is C31H40FN5O2. The monoisotopic (exact) mass is 533 g/mol. The molecule has 0 spiro atoms. The van der Waals surface area contributed by atoms with Crippen molar-refractivity contribution in [2.45, 2.75) is 53.0 Å². The van der Waals surface area contributed by atoms with Gasteiger partial charge < -0.3 is 25.6 Å². The Morgan fingerprint density at radius 1 is 1.13 bits per heavy atom. The van der Waals surface area contributed by atoms with Crippen molar-refractivity contribution in [1.29, 1.82) is 0 Å². The average molecular weight is 534 g/mol. The molecule has 1 unspecified atom stereocenters. The maximum absolute atomic E-state index is 14.9. The van der Waals surface area contributed by atoms with Crippen LogP contribution in [-0.2, 0) is 4.79 Å². The fourth-order valence-corrected chi connectivity index (χ4v) is 4.18. The molecule has 0 bridgehead atoms. The molecule has 3 rings (SSSR count). The van der Waals surface area contributed by atoms with Crippen molar-refractivity contribution in [3.05, 3.63) is 84.2 Å². The largest absolute Gasteiger partial charge is 0.459 e. The number of hydrogen-bond acceptors (Lipinski definition) is 6. The molecule has 1 aliphatic heterocycles. The highest BCUT2D eigenvalue weighted by molar-refractivity contribution is 5.98. The van der Waals surface area contributed by atoms with E-state index in [9.17, 15) is 9.18 Å². The second kappa shape index (κ2) is 14.9. The van der Waals surface area contributed by atoms with Gasteiger partial charge in [0.25, 0.3) is 0 Å². The van der Waals surface area contributed by atoms with Crippen molar-refractivity contribution in [2.75, 3.05) is 35.6 Å². The van der Waals surface area contributed by atoms with Gasteiger partial charge in [0.05, 0.1) is 6.21 Å². The first kappa shape index (κ1) is 29.6. The van der Waals surface area contributed by atoms with E-state index in [0.717, 1.165) is 55.6 Å². The molecule has 1 aliphatic rings. The molecule has 8 heteroatoms. The maximum atomic E-state index is 14.9. The number of halogens is 1. The molecule has 1 saturated heterocycles. The van der Waals surface area contributed by atoms with Crippen molar-refractivity contribution in [3.63, 3.8) is 0 Å². The van der Waals surface area contributed by atoms with Gasteiger partial charge in [-0.2, -0.15) is 0 Å². The van der Waals surface area contributed by atoms with Gasteiger partial charge >= 0.3 is 0 Å². The van der Waals surface area contributed by atoms with Crippen molar-refractivity contribution in [3.8, 4) is 5.75 Å². The quantitative estimate of drug-likeness (QED) is 0.145. The number of rotatable bonds is 13. The number of allylic oxidation sites excluding steroid dienone is 3. The number of ether oxygens (including phenoxy) is 1. The normalized spacial score (nSPS) is 16.9. The number of carbonyl (C=O) groups is 1. The van der Waals surface area contributed by atoms with Crippen LogP contribution in [0.15, 0.2) is 89.2 Å². The molecule has 0 saturated carbocycles. The van der Waals surface area contributed by atoms with E-state index in [4.69, 9.17) is 4.74 Å². The van der Waals surface area contributed by atoms with Gasteiger partial charge in [-0.15, -0.1) is 0 Å². The highest BCUT2D eigenvalue weighted by atomic mass is 19.1. The summed E-state index contributed by atoms with van der Waals surface area (Å²) in [5.74, 6) is 0.0859. The number of aliphatic imine (C=N–C) groups is 1. The number of anilines is 3. The zero-order chi connectivity index (χ0) is 28.2. The fourth-order valence-electron chi connectivity index (χ4n) is 4.18. The van der Waals surface area contributed by atoms with Crippen LogP contribution in [0.4, 0.5) is 21.5 Å². The fraction of sp³-hybridized carbons (Fsp3) is 0.355. The van der Waals surface area contributed by atoms with Crippen molar-refractivity contribution in [2.24, 2.45) is 4.99 Å². The number of likely N-dealkylation sites (tertiary alicyclic amines) is 1. The molecule has 3 N–H and O–H groups in total. The summed E-state index contributed by atoms with van der Waals surface area (Å²) in [6.45, 7) is 14.5. The van der Waals surface area contributed by atoms with Gasteiger partial charge in [-0.1, -0.05) is 26.5 Å². The van der Waals surface area contributed by atoms with Gasteiger partial charge in [0.1, 0.15) is 17.3 Å². The predicted molar refractivity (Wildman–Crippen MR) is 160 cm³/mol. The minimum Gasteiger partial charge on any atom is -0.459 e. The lowest BCUT2D eigenvalue weighted by Gasteiger charge is -2.17. The van der Waals surface area contributed by atoms with E-state index in [-0.39, 0.29) is 11.7 Å². The molecule has 1 fully saturated rings. The molecule has 0 aliphatic carbocycles. The Bertz CT molecular complexity index is 1220. The molecule has 2 aromatic carbocycles. The van der Waals surface area contributed by atoms with E-state index in [1.54, 1.807) is 24.3 Å². The molecule has 2 aromatic rings. The molecule has 7 nitrogen and oxygen atoms in total. The first-order valence-electron chi connectivity index (χ1n) is 13.5. The summed E-state index contributed by atoms with van der Waals surface area (Å²) >= 11 is 0. The summed E-state index contributed by atoms with van der Waals surface area (Å²) < 4.78 is 20.5. The Morgan fingerprint density at radius 3 is 2.56 bits per heavy atom. The zero-order valence-electron chi connectivity index (χ0n) is 23.4. The van der Waals surface area contributed by atoms with Crippen LogP contribution in [0.5, 0.6) is 5.75 Å². The third kappa shape index (κ3) is 9.41. The zero-order valence-corrected chi connectivity index (χ0v) is 23.4. The summed E-state index contributed by atoms with van der Waals surface area (Å²) in [7, 11) is 0. The Kier molecular flexibility index (Phi) is 11.3. The number of amides is 1. The van der Waals surface area contributed by atoms with E-state index in [0.29, 0.717) is 23.3 Å². The Labute approximate surface area is 231 Å². The molecule has 208 valence electrons. The van der Waals surface area contributed by atoms with Crippen molar-refractivity contribution >= 4 is 29.2 Å². The molecule has 1 amide bonds. The summed E-state index contributed by atoms with van der Waals surface area (Å²) in [5, 5.41) is 9.59. The van der Waals surface area contributed by atoms with Gasteiger partial charge in [0.2, 0.25) is 5.91 Å². The third-order valence-corrected chi connectivity index (χ3v) is 6.47. The summed E-state index contributed by atoms with van der Waals surface area (Å²) in [6.07, 6.45) is 5.42. The molecular weight excluding hydrogens is 493 g/mol. The number of benzene rings is 2. The van der Waals surface area contributed by atoms with E-state index in [2.05, 4.69) is 51.5 Å². The Hall–Kier alpha value is -3.91. The topological polar surface area (TPSA) is 78.0 Å². The van der Waals surface area contributed by atoms with Crippen LogP contribution >= 0.6 is 0 Å². The number of nitrogens with zero attached hydrogens (tertiary/aromatic N) is 2. The molecule has 0 aromatic heterocycles. The summed E-state index contributed by atoms with van der Waals surface area (Å²) in [5.41, 5.74) is 3.47. The standard InChI is InChI=1S/C31H40FN5O2/c1-6-17-37-18-16-27(21-37)34-24-12-14-25(15-13-24)36-31(22(4)7-2)33-20-29(32)23(5)39-28-11-9-10-26(19-28)35-30(38)8-3/h8-15,19-20,27,34,36H,3,6-7,16-18,21H2,1-2,4-5H3,(H,35,38)/b29-23-,31-22-,33-20-. The lowest BCUT2D eigenvalue weighted by atomic mass is 10.2. The van der Waals surface area contributed by atoms with Gasteiger partial charge in [-0.3, -0.25) is 4.79 Å². The van der Waals surface area contributed by atoms with E-state index in [1.807, 2.05) is 26.0 Å². The first-order valence-corrected chi connectivity index (χ1v) is 13.5. The molecule has 0 radical (unpaired) electrons. The van der Waals surface area contributed by atoms with Crippen LogP contribution in [0.1, 0.15) is 47.0 Å². The lowest BCUT2D eigenvalue weighted by Crippen LogP contribution is -2.26. The molecule has 39 heavy (non-hydrogen) atoms.